The van der Waals surface area contributed by atoms with Gasteiger partial charge in [-0.15, -0.1) is 10.1 Å². The molecule has 0 aliphatic rings. The van der Waals surface area contributed by atoms with Gasteiger partial charge in [0.2, 0.25) is 0 Å². The summed E-state index contributed by atoms with van der Waals surface area (Å²) in [6.07, 6.45) is 4.35. The van der Waals surface area contributed by atoms with E-state index in [4.69, 9.17) is 4.98 Å². The molecule has 3 aromatic rings. The zero-order chi connectivity index (χ0) is 17.0. The molecule has 2 heterocycles. The lowest BCUT2D eigenvalue weighted by Crippen LogP contribution is -2.60. The zero-order valence-electron chi connectivity index (χ0n) is 15.4. The molecular formula is C20H28N2Si-. The molecule has 0 saturated carbocycles. The molecule has 0 unspecified atom stereocenters. The first-order valence-electron chi connectivity index (χ1n) is 8.43. The van der Waals surface area contributed by atoms with Crippen LogP contribution in [0.5, 0.6) is 0 Å². The largest absolute Gasteiger partial charge is 0.338 e. The van der Waals surface area contributed by atoms with Crippen LogP contribution in [0.2, 0.25) is 16.6 Å². The minimum atomic E-state index is -1.83. The molecule has 0 bridgehead atoms. The van der Waals surface area contributed by atoms with Gasteiger partial charge in [-0.2, -0.15) is 6.55 Å². The first kappa shape index (κ1) is 16.3. The van der Waals surface area contributed by atoms with E-state index >= 15 is 0 Å². The van der Waals surface area contributed by atoms with Gasteiger partial charge in [-0.3, -0.25) is 0 Å². The molecule has 0 aliphatic carbocycles. The van der Waals surface area contributed by atoms with Gasteiger partial charge in [-0.05, 0) is 11.5 Å². The molecule has 0 atom stereocenters. The highest BCUT2D eigenvalue weighted by atomic mass is 28.3. The van der Waals surface area contributed by atoms with E-state index in [2.05, 4.69) is 95.2 Å². The van der Waals surface area contributed by atoms with Crippen LogP contribution in [0.3, 0.4) is 0 Å². The molecule has 3 rings (SSSR count). The predicted octanol–water partition coefficient (Wildman–Crippen LogP) is 5.37. The van der Waals surface area contributed by atoms with Crippen molar-refractivity contribution in [1.29, 1.82) is 0 Å². The Morgan fingerprint density at radius 2 is 1.52 bits per heavy atom. The molecule has 0 aliphatic heterocycles. The molecule has 23 heavy (non-hydrogen) atoms. The first-order chi connectivity index (χ1) is 10.6. The fourth-order valence-corrected chi connectivity index (χ4v) is 8.75. The van der Waals surface area contributed by atoms with Gasteiger partial charge < -0.3 is 4.40 Å². The summed E-state index contributed by atoms with van der Waals surface area (Å²) in [5.74, 6) is 0. The van der Waals surface area contributed by atoms with Crippen LogP contribution in [0.25, 0.3) is 16.4 Å². The molecule has 3 heteroatoms. The van der Waals surface area contributed by atoms with Crippen molar-refractivity contribution in [3.05, 3.63) is 42.7 Å². The molecule has 0 N–H and O–H groups in total. The highest BCUT2D eigenvalue weighted by Gasteiger charge is 2.40. The summed E-state index contributed by atoms with van der Waals surface area (Å²) in [6, 6.07) is 10.7. The molecule has 2 nitrogen and oxygen atoms in total. The zero-order valence-corrected chi connectivity index (χ0v) is 16.4. The van der Waals surface area contributed by atoms with Gasteiger partial charge in [0.25, 0.3) is 0 Å². The van der Waals surface area contributed by atoms with Crippen molar-refractivity contribution < 1.29 is 0 Å². The van der Waals surface area contributed by atoms with Crippen molar-refractivity contribution in [2.45, 2.75) is 58.2 Å². The lowest BCUT2D eigenvalue weighted by Gasteiger charge is -2.60. The SMILES string of the molecule is CC(C)(C)[Si-](C)(c1cnc2c3ccccc3ccn12)C(C)(C)C. The number of nitrogens with zero attached hydrogens (tertiary/aromatic N) is 2. The number of rotatable bonds is 1. The van der Waals surface area contributed by atoms with Crippen molar-refractivity contribution in [3.63, 3.8) is 0 Å². The van der Waals surface area contributed by atoms with E-state index in [9.17, 15) is 0 Å². The lowest BCUT2D eigenvalue weighted by molar-refractivity contribution is 0.627. The Bertz CT molecular complexity index is 849. The van der Waals surface area contributed by atoms with E-state index in [0.29, 0.717) is 0 Å². The Labute approximate surface area is 140 Å². The third kappa shape index (κ3) is 2.25. The van der Waals surface area contributed by atoms with Gasteiger partial charge in [0, 0.05) is 17.8 Å². The number of hydrogen-bond donors (Lipinski definition) is 0. The average Bonchev–Trinajstić information content (AvgIpc) is 2.88. The number of hydrogen-bond acceptors (Lipinski definition) is 1. The second kappa shape index (κ2) is 4.94. The molecule has 123 valence electrons. The Kier molecular flexibility index (Phi) is 3.49. The average molecular weight is 325 g/mol. The maximum atomic E-state index is 4.84. The lowest BCUT2D eigenvalue weighted by atomic mass is 10.2. The summed E-state index contributed by atoms with van der Waals surface area (Å²) in [6.45, 7) is 16.9. The fraction of sp³-hybridized carbons (Fsp3) is 0.450. The summed E-state index contributed by atoms with van der Waals surface area (Å²) in [5, 5.41) is 4.44. The van der Waals surface area contributed by atoms with Crippen LogP contribution in [-0.2, 0) is 0 Å². The van der Waals surface area contributed by atoms with Crippen molar-refractivity contribution in [1.82, 2.24) is 9.38 Å². The van der Waals surface area contributed by atoms with Crippen LogP contribution < -0.4 is 5.32 Å². The van der Waals surface area contributed by atoms with E-state index in [0.717, 1.165) is 5.65 Å². The normalized spacial score (nSPS) is 13.9. The Morgan fingerprint density at radius 1 is 0.913 bits per heavy atom. The van der Waals surface area contributed by atoms with Crippen molar-refractivity contribution in [3.8, 4) is 0 Å². The summed E-state index contributed by atoms with van der Waals surface area (Å²) in [7, 11) is -1.83. The van der Waals surface area contributed by atoms with E-state index in [-0.39, 0.29) is 10.1 Å². The monoisotopic (exact) mass is 324 g/mol. The van der Waals surface area contributed by atoms with Crippen LogP contribution in [-0.4, -0.2) is 17.5 Å². The quantitative estimate of drug-likeness (QED) is 0.550. The number of fused-ring (bicyclic) bond motifs is 3. The van der Waals surface area contributed by atoms with Crippen LogP contribution in [0.4, 0.5) is 0 Å². The Hall–Kier alpha value is -1.61. The number of benzene rings is 1. The van der Waals surface area contributed by atoms with Crippen molar-refractivity contribution in [2.24, 2.45) is 0 Å². The maximum Gasteiger partial charge on any atom is 0.141 e. The molecular weight excluding hydrogens is 296 g/mol. The molecule has 2 aromatic heterocycles. The van der Waals surface area contributed by atoms with Gasteiger partial charge >= 0.3 is 0 Å². The predicted molar refractivity (Wildman–Crippen MR) is 103 cm³/mol. The second-order valence-electron chi connectivity index (χ2n) is 8.87. The maximum absolute atomic E-state index is 4.84. The minimum Gasteiger partial charge on any atom is -0.338 e. The highest BCUT2D eigenvalue weighted by molar-refractivity contribution is 6.94. The Balaban J connectivity index is 2.37. The van der Waals surface area contributed by atoms with Crippen LogP contribution >= 0.6 is 0 Å². The minimum absolute atomic E-state index is 0.257. The van der Waals surface area contributed by atoms with Gasteiger partial charge in [-0.1, -0.05) is 79.2 Å². The van der Waals surface area contributed by atoms with Crippen molar-refractivity contribution >= 4 is 29.8 Å². The molecule has 0 amide bonds. The van der Waals surface area contributed by atoms with Gasteiger partial charge in [0.1, 0.15) is 5.65 Å². The summed E-state index contributed by atoms with van der Waals surface area (Å²) >= 11 is 0. The summed E-state index contributed by atoms with van der Waals surface area (Å²) < 4.78 is 2.35. The van der Waals surface area contributed by atoms with Gasteiger partial charge in [-0.25, -0.2) is 4.98 Å². The van der Waals surface area contributed by atoms with E-state index < -0.39 is 8.07 Å². The van der Waals surface area contributed by atoms with Gasteiger partial charge in [0.05, 0.1) is 0 Å². The van der Waals surface area contributed by atoms with Crippen LogP contribution in [0.15, 0.2) is 42.7 Å². The van der Waals surface area contributed by atoms with E-state index in [1.165, 1.54) is 16.1 Å². The number of aromatic nitrogens is 2. The standard InChI is InChI=1S/C20H28N2Si/c1-19(2,3)23(7,20(4,5)6)17-14-21-18-16-11-9-8-10-15(16)12-13-22(17)18/h8-14H,1-7H3/q-1. The van der Waals surface area contributed by atoms with E-state index in [1.54, 1.807) is 0 Å². The Morgan fingerprint density at radius 3 is 2.13 bits per heavy atom. The number of pyridine rings is 1. The summed E-state index contributed by atoms with van der Waals surface area (Å²) in [4.78, 5) is 4.84. The smallest absolute Gasteiger partial charge is 0.141 e. The molecule has 0 radical (unpaired) electrons. The molecule has 0 saturated heterocycles. The second-order valence-corrected chi connectivity index (χ2v) is 14.6. The fourth-order valence-electron chi connectivity index (χ4n) is 3.98. The summed E-state index contributed by atoms with van der Waals surface area (Å²) in [5.41, 5.74) is 1.09. The topological polar surface area (TPSA) is 17.3 Å². The number of imidazole rings is 1. The third-order valence-corrected chi connectivity index (χ3v) is 13.3. The third-order valence-electron chi connectivity index (χ3n) is 5.91. The highest BCUT2D eigenvalue weighted by Crippen LogP contribution is 2.50. The van der Waals surface area contributed by atoms with E-state index in [1.807, 2.05) is 0 Å². The van der Waals surface area contributed by atoms with Crippen LogP contribution in [0.1, 0.15) is 41.5 Å². The van der Waals surface area contributed by atoms with Crippen LogP contribution in [0, 0.1) is 0 Å². The van der Waals surface area contributed by atoms with Gasteiger partial charge in [0.15, 0.2) is 0 Å². The molecule has 0 spiro atoms. The molecule has 1 aromatic carbocycles. The molecule has 0 fully saturated rings. The van der Waals surface area contributed by atoms with Crippen molar-refractivity contribution in [2.75, 3.05) is 0 Å². The first-order valence-corrected chi connectivity index (χ1v) is 10.9.